The Hall–Kier alpha value is -0.820. The van der Waals surface area contributed by atoms with Crippen molar-refractivity contribution < 1.29 is 0 Å². The van der Waals surface area contributed by atoms with Crippen molar-refractivity contribution in [1.82, 2.24) is 5.32 Å². The van der Waals surface area contributed by atoms with Gasteiger partial charge in [0.1, 0.15) is 0 Å². The van der Waals surface area contributed by atoms with Gasteiger partial charge >= 0.3 is 0 Å². The number of nitrogens with one attached hydrogen (secondary N) is 1. The van der Waals surface area contributed by atoms with E-state index < -0.39 is 0 Å². The van der Waals surface area contributed by atoms with Crippen LogP contribution >= 0.6 is 0 Å². The van der Waals surface area contributed by atoms with Crippen LogP contribution in [0.5, 0.6) is 0 Å². The minimum Gasteiger partial charge on any atom is -0.310 e. The Balaban J connectivity index is 2.17. The molecule has 0 spiro atoms. The molecule has 1 fully saturated rings. The minimum atomic E-state index is 0.515. The number of rotatable bonds is 6. The van der Waals surface area contributed by atoms with Gasteiger partial charge in [-0.3, -0.25) is 0 Å². The van der Waals surface area contributed by atoms with E-state index in [1.807, 2.05) is 0 Å². The van der Waals surface area contributed by atoms with Gasteiger partial charge in [-0.05, 0) is 47.8 Å². The monoisotopic (exact) mass is 259 g/mol. The Kier molecular flexibility index (Phi) is 4.35. The molecule has 0 aliphatic heterocycles. The summed E-state index contributed by atoms with van der Waals surface area (Å²) >= 11 is 0. The van der Waals surface area contributed by atoms with Gasteiger partial charge in [0.25, 0.3) is 0 Å². The highest BCUT2D eigenvalue weighted by molar-refractivity contribution is 5.29. The normalized spacial score (nSPS) is 22.5. The Labute approximate surface area is 118 Å². The summed E-state index contributed by atoms with van der Waals surface area (Å²) in [5, 5.41) is 3.70. The highest BCUT2D eigenvalue weighted by atomic mass is 14.9. The predicted octanol–water partition coefficient (Wildman–Crippen LogP) is 4.58. The third-order valence-corrected chi connectivity index (χ3v) is 4.37. The first kappa shape index (κ1) is 14.6. The lowest BCUT2D eigenvalue weighted by Crippen LogP contribution is -2.24. The second kappa shape index (κ2) is 5.66. The van der Waals surface area contributed by atoms with E-state index in [1.165, 1.54) is 24.0 Å². The number of hydrogen-bond acceptors (Lipinski definition) is 1. The molecule has 0 aromatic heterocycles. The lowest BCUT2D eigenvalue weighted by molar-refractivity contribution is 0.423. The zero-order chi connectivity index (χ0) is 14.0. The van der Waals surface area contributed by atoms with E-state index in [-0.39, 0.29) is 0 Å². The molecule has 2 atom stereocenters. The van der Waals surface area contributed by atoms with Crippen LogP contribution in [-0.4, -0.2) is 6.54 Å². The smallest absolute Gasteiger partial charge is 0.0353 e. The summed E-state index contributed by atoms with van der Waals surface area (Å²) in [5.74, 6) is 1.52. The van der Waals surface area contributed by atoms with Crippen LogP contribution in [0.1, 0.15) is 58.2 Å². The van der Waals surface area contributed by atoms with Crippen LogP contribution in [-0.2, 0) is 6.42 Å². The molecule has 0 heterocycles. The van der Waals surface area contributed by atoms with Crippen LogP contribution < -0.4 is 5.32 Å². The molecule has 1 saturated carbocycles. The van der Waals surface area contributed by atoms with Gasteiger partial charge in [-0.25, -0.2) is 0 Å². The first-order chi connectivity index (χ1) is 8.94. The maximum Gasteiger partial charge on any atom is 0.0353 e. The van der Waals surface area contributed by atoms with Crippen molar-refractivity contribution in [2.45, 2.75) is 53.5 Å². The summed E-state index contributed by atoms with van der Waals surface area (Å²) in [6.45, 7) is 12.6. The highest BCUT2D eigenvalue weighted by Crippen LogP contribution is 2.57. The van der Waals surface area contributed by atoms with Gasteiger partial charge in [-0.15, -0.1) is 0 Å². The maximum absolute atomic E-state index is 3.70. The quantitative estimate of drug-likeness (QED) is 0.788. The van der Waals surface area contributed by atoms with E-state index in [0.29, 0.717) is 11.5 Å². The van der Waals surface area contributed by atoms with Gasteiger partial charge in [0.05, 0.1) is 0 Å². The molecule has 2 unspecified atom stereocenters. The van der Waals surface area contributed by atoms with Crippen molar-refractivity contribution in [2.75, 3.05) is 6.54 Å². The Morgan fingerprint density at radius 1 is 1.32 bits per heavy atom. The fourth-order valence-electron chi connectivity index (χ4n) is 3.17. The molecule has 1 nitrogen and oxygen atoms in total. The van der Waals surface area contributed by atoms with Crippen LogP contribution in [0.2, 0.25) is 0 Å². The summed E-state index contributed by atoms with van der Waals surface area (Å²) in [6.07, 6.45) is 2.53. The molecular formula is C18H29N. The standard InChI is InChI=1S/C18H29N/c1-6-19-17(16-12-18(16,4)5)15-9-7-8-14(11-15)10-13(2)3/h7-9,11,13,16-17,19H,6,10,12H2,1-5H3. The van der Waals surface area contributed by atoms with Crippen LogP contribution in [0.3, 0.4) is 0 Å². The van der Waals surface area contributed by atoms with E-state index in [2.05, 4.69) is 64.2 Å². The van der Waals surface area contributed by atoms with E-state index in [1.54, 1.807) is 0 Å². The van der Waals surface area contributed by atoms with Gasteiger partial charge in [0, 0.05) is 6.04 Å². The molecule has 2 rings (SSSR count). The molecule has 1 aliphatic carbocycles. The SMILES string of the molecule is CCNC(c1cccc(CC(C)C)c1)C1CC1(C)C. The van der Waals surface area contributed by atoms with E-state index in [4.69, 9.17) is 0 Å². The predicted molar refractivity (Wildman–Crippen MR) is 83.3 cm³/mol. The molecule has 19 heavy (non-hydrogen) atoms. The lowest BCUT2D eigenvalue weighted by Gasteiger charge is -2.21. The van der Waals surface area contributed by atoms with Crippen molar-refractivity contribution in [1.29, 1.82) is 0 Å². The summed E-state index contributed by atoms with van der Waals surface area (Å²) in [6, 6.07) is 9.75. The van der Waals surface area contributed by atoms with Crippen LogP contribution in [0.4, 0.5) is 0 Å². The summed E-state index contributed by atoms with van der Waals surface area (Å²) in [4.78, 5) is 0. The molecule has 1 aromatic rings. The average Bonchev–Trinajstić information content (AvgIpc) is 2.94. The zero-order valence-corrected chi connectivity index (χ0v) is 13.2. The van der Waals surface area contributed by atoms with Crippen LogP contribution in [0.15, 0.2) is 24.3 Å². The fraction of sp³-hybridized carbons (Fsp3) is 0.667. The van der Waals surface area contributed by atoms with Crippen molar-refractivity contribution >= 4 is 0 Å². The summed E-state index contributed by atoms with van der Waals surface area (Å²) in [5.41, 5.74) is 3.48. The molecule has 0 radical (unpaired) electrons. The first-order valence-electron chi connectivity index (χ1n) is 7.76. The molecule has 1 heteroatoms. The maximum atomic E-state index is 3.70. The topological polar surface area (TPSA) is 12.0 Å². The minimum absolute atomic E-state index is 0.515. The Bertz CT molecular complexity index is 419. The van der Waals surface area contributed by atoms with Crippen LogP contribution in [0, 0.1) is 17.3 Å². The second-order valence-electron chi connectivity index (χ2n) is 7.18. The third-order valence-electron chi connectivity index (χ3n) is 4.37. The molecule has 0 saturated heterocycles. The zero-order valence-electron chi connectivity index (χ0n) is 13.2. The molecule has 1 aliphatic rings. The number of benzene rings is 1. The van der Waals surface area contributed by atoms with Gasteiger partial charge in [0.15, 0.2) is 0 Å². The molecule has 0 bridgehead atoms. The summed E-state index contributed by atoms with van der Waals surface area (Å²) in [7, 11) is 0. The van der Waals surface area contributed by atoms with Crippen molar-refractivity contribution in [3.63, 3.8) is 0 Å². The molecule has 0 amide bonds. The molecular weight excluding hydrogens is 230 g/mol. The van der Waals surface area contributed by atoms with E-state index in [9.17, 15) is 0 Å². The number of hydrogen-bond donors (Lipinski definition) is 1. The van der Waals surface area contributed by atoms with Crippen LogP contribution in [0.25, 0.3) is 0 Å². The third kappa shape index (κ3) is 3.60. The molecule has 1 aromatic carbocycles. The van der Waals surface area contributed by atoms with Crippen molar-refractivity contribution in [2.24, 2.45) is 17.3 Å². The average molecular weight is 259 g/mol. The van der Waals surface area contributed by atoms with Gasteiger partial charge in [-0.1, -0.05) is 58.9 Å². The van der Waals surface area contributed by atoms with Crippen molar-refractivity contribution in [3.05, 3.63) is 35.4 Å². The first-order valence-corrected chi connectivity index (χ1v) is 7.76. The Morgan fingerprint density at radius 2 is 2.00 bits per heavy atom. The van der Waals surface area contributed by atoms with Gasteiger partial charge in [-0.2, -0.15) is 0 Å². The largest absolute Gasteiger partial charge is 0.310 e. The van der Waals surface area contributed by atoms with Gasteiger partial charge in [0.2, 0.25) is 0 Å². The highest BCUT2D eigenvalue weighted by Gasteiger charge is 2.50. The lowest BCUT2D eigenvalue weighted by atomic mass is 9.93. The second-order valence-corrected chi connectivity index (χ2v) is 7.18. The molecule has 106 valence electrons. The fourth-order valence-corrected chi connectivity index (χ4v) is 3.17. The summed E-state index contributed by atoms with van der Waals surface area (Å²) < 4.78 is 0. The Morgan fingerprint density at radius 3 is 2.53 bits per heavy atom. The van der Waals surface area contributed by atoms with E-state index >= 15 is 0 Å². The van der Waals surface area contributed by atoms with Crippen molar-refractivity contribution in [3.8, 4) is 0 Å². The van der Waals surface area contributed by atoms with E-state index in [0.717, 1.165) is 18.4 Å². The molecule has 1 N–H and O–H groups in total. The van der Waals surface area contributed by atoms with Gasteiger partial charge < -0.3 is 5.32 Å².